The summed E-state index contributed by atoms with van der Waals surface area (Å²) in [5.74, 6) is 1.50. The summed E-state index contributed by atoms with van der Waals surface area (Å²) in [4.78, 5) is 9.22. The minimum Gasteiger partial charge on any atom is -0.385 e. The molecule has 5 heteroatoms. The highest BCUT2D eigenvalue weighted by atomic mass is 16.5. The molecule has 1 aromatic heterocycles. The maximum atomic E-state index is 5.08. The molecule has 2 rings (SSSR count). The van der Waals surface area contributed by atoms with Crippen LogP contribution in [0.25, 0.3) is 11.3 Å². The average molecular weight is 314 g/mol. The van der Waals surface area contributed by atoms with E-state index in [4.69, 9.17) is 4.74 Å². The molecule has 0 amide bonds. The van der Waals surface area contributed by atoms with E-state index in [2.05, 4.69) is 46.6 Å². The topological polar surface area (TPSA) is 59.1 Å². The van der Waals surface area contributed by atoms with Crippen LogP contribution in [0.3, 0.4) is 0 Å². The lowest BCUT2D eigenvalue weighted by Gasteiger charge is -2.14. The number of hydrogen-bond donors (Lipinski definition) is 2. The maximum Gasteiger partial charge on any atom is 0.225 e. The van der Waals surface area contributed by atoms with Crippen LogP contribution in [0.5, 0.6) is 0 Å². The van der Waals surface area contributed by atoms with Crippen LogP contribution < -0.4 is 10.6 Å². The fraction of sp³-hybridized carbons (Fsp3) is 0.444. The Morgan fingerprint density at radius 3 is 2.65 bits per heavy atom. The van der Waals surface area contributed by atoms with Crippen molar-refractivity contribution < 1.29 is 4.74 Å². The van der Waals surface area contributed by atoms with E-state index in [9.17, 15) is 0 Å². The first-order valence-electron chi connectivity index (χ1n) is 8.16. The molecule has 0 saturated carbocycles. The fourth-order valence-electron chi connectivity index (χ4n) is 2.11. The quantitative estimate of drug-likeness (QED) is 0.689. The van der Waals surface area contributed by atoms with Gasteiger partial charge in [-0.1, -0.05) is 37.3 Å². The van der Waals surface area contributed by atoms with E-state index >= 15 is 0 Å². The lowest BCUT2D eigenvalue weighted by molar-refractivity contribution is 0.198. The van der Waals surface area contributed by atoms with Gasteiger partial charge in [0.05, 0.1) is 5.69 Å². The van der Waals surface area contributed by atoms with Crippen molar-refractivity contribution in [3.63, 3.8) is 0 Å². The molecular weight excluding hydrogens is 288 g/mol. The molecule has 1 atom stereocenters. The van der Waals surface area contributed by atoms with E-state index < -0.39 is 0 Å². The number of nitrogens with one attached hydrogen (secondary N) is 2. The van der Waals surface area contributed by atoms with Crippen molar-refractivity contribution in [1.29, 1.82) is 0 Å². The second-order valence-corrected chi connectivity index (χ2v) is 5.55. The molecule has 0 aliphatic heterocycles. The van der Waals surface area contributed by atoms with Gasteiger partial charge in [-0.15, -0.1) is 0 Å². The molecule has 0 bridgehead atoms. The summed E-state index contributed by atoms with van der Waals surface area (Å²) < 4.78 is 5.08. The molecule has 2 aromatic rings. The van der Waals surface area contributed by atoms with E-state index in [-0.39, 0.29) is 0 Å². The second-order valence-electron chi connectivity index (χ2n) is 5.55. The SMILES string of the molecule is CCC(C)Nc1nc(NCCCOC)cc(-c2ccccc2)n1. The monoisotopic (exact) mass is 314 g/mol. The first-order valence-corrected chi connectivity index (χ1v) is 8.16. The van der Waals surface area contributed by atoms with Gasteiger partial charge in [0, 0.05) is 37.9 Å². The van der Waals surface area contributed by atoms with Crippen LogP contribution in [0.4, 0.5) is 11.8 Å². The van der Waals surface area contributed by atoms with Gasteiger partial charge in [-0.25, -0.2) is 4.98 Å². The molecule has 1 aromatic carbocycles. The summed E-state index contributed by atoms with van der Waals surface area (Å²) >= 11 is 0. The molecule has 124 valence electrons. The van der Waals surface area contributed by atoms with Crippen LogP contribution in [0, 0.1) is 0 Å². The van der Waals surface area contributed by atoms with Crippen LogP contribution in [-0.2, 0) is 4.74 Å². The van der Waals surface area contributed by atoms with E-state index in [1.54, 1.807) is 7.11 Å². The van der Waals surface area contributed by atoms with E-state index in [1.807, 2.05) is 24.3 Å². The third-order valence-electron chi connectivity index (χ3n) is 3.61. The van der Waals surface area contributed by atoms with Crippen molar-refractivity contribution >= 4 is 11.8 Å². The van der Waals surface area contributed by atoms with Gasteiger partial charge in [-0.2, -0.15) is 4.98 Å². The van der Waals surface area contributed by atoms with Crippen LogP contribution in [0.1, 0.15) is 26.7 Å². The highest BCUT2D eigenvalue weighted by molar-refractivity contribution is 5.64. The van der Waals surface area contributed by atoms with Crippen LogP contribution in [0.2, 0.25) is 0 Å². The summed E-state index contributed by atoms with van der Waals surface area (Å²) in [5, 5.41) is 6.71. The van der Waals surface area contributed by atoms with Crippen LogP contribution in [-0.4, -0.2) is 36.3 Å². The maximum absolute atomic E-state index is 5.08. The number of methoxy groups -OCH3 is 1. The Bertz CT molecular complexity index is 589. The molecule has 0 aliphatic rings. The molecule has 1 unspecified atom stereocenters. The molecule has 0 spiro atoms. The van der Waals surface area contributed by atoms with Gasteiger partial charge in [0.1, 0.15) is 5.82 Å². The highest BCUT2D eigenvalue weighted by Gasteiger charge is 2.08. The minimum absolute atomic E-state index is 0.336. The predicted octanol–water partition coefficient (Wildman–Crippen LogP) is 3.80. The van der Waals surface area contributed by atoms with Gasteiger partial charge >= 0.3 is 0 Å². The summed E-state index contributed by atoms with van der Waals surface area (Å²) in [7, 11) is 1.71. The van der Waals surface area contributed by atoms with E-state index in [0.29, 0.717) is 12.0 Å². The average Bonchev–Trinajstić information content (AvgIpc) is 2.59. The molecule has 1 heterocycles. The van der Waals surface area contributed by atoms with Crippen molar-refractivity contribution in [1.82, 2.24) is 9.97 Å². The fourth-order valence-corrected chi connectivity index (χ4v) is 2.11. The lowest BCUT2D eigenvalue weighted by Crippen LogP contribution is -2.17. The number of hydrogen-bond acceptors (Lipinski definition) is 5. The third kappa shape index (κ3) is 5.53. The number of benzene rings is 1. The van der Waals surface area contributed by atoms with Crippen molar-refractivity contribution in [2.75, 3.05) is 30.9 Å². The molecule has 2 N–H and O–H groups in total. The summed E-state index contributed by atoms with van der Waals surface area (Å²) in [6.45, 7) is 5.83. The Balaban J connectivity index is 2.21. The molecule has 23 heavy (non-hydrogen) atoms. The normalized spacial score (nSPS) is 12.0. The molecule has 0 fully saturated rings. The predicted molar refractivity (Wildman–Crippen MR) is 95.8 cm³/mol. The first-order chi connectivity index (χ1) is 11.2. The smallest absolute Gasteiger partial charge is 0.225 e. The summed E-state index contributed by atoms with van der Waals surface area (Å²) in [6.07, 6.45) is 1.96. The highest BCUT2D eigenvalue weighted by Crippen LogP contribution is 2.21. The second kappa shape index (κ2) is 9.10. The standard InChI is InChI=1S/C18H26N4O/c1-4-14(2)20-18-21-16(15-9-6-5-7-10-15)13-17(22-18)19-11-8-12-23-3/h5-7,9-10,13-14H,4,8,11-12H2,1-3H3,(H2,19,20,21,22). The van der Waals surface area contributed by atoms with Crippen LogP contribution in [0.15, 0.2) is 36.4 Å². The van der Waals surface area contributed by atoms with Crippen molar-refractivity contribution in [3.05, 3.63) is 36.4 Å². The lowest BCUT2D eigenvalue weighted by atomic mass is 10.1. The third-order valence-corrected chi connectivity index (χ3v) is 3.61. The van der Waals surface area contributed by atoms with Gasteiger partial charge in [0.25, 0.3) is 0 Å². The van der Waals surface area contributed by atoms with Crippen LogP contribution >= 0.6 is 0 Å². The summed E-state index contributed by atoms with van der Waals surface area (Å²) in [6, 6.07) is 12.5. The Morgan fingerprint density at radius 2 is 1.96 bits per heavy atom. The number of aromatic nitrogens is 2. The minimum atomic E-state index is 0.336. The van der Waals surface area contributed by atoms with E-state index in [1.165, 1.54) is 0 Å². The zero-order chi connectivity index (χ0) is 16.5. The van der Waals surface area contributed by atoms with Crippen molar-refractivity contribution in [2.24, 2.45) is 0 Å². The largest absolute Gasteiger partial charge is 0.385 e. The number of nitrogens with zero attached hydrogens (tertiary/aromatic N) is 2. The number of ether oxygens (including phenoxy) is 1. The molecule has 0 saturated heterocycles. The Hall–Kier alpha value is -2.14. The zero-order valence-electron chi connectivity index (χ0n) is 14.2. The zero-order valence-corrected chi connectivity index (χ0v) is 14.2. The number of rotatable bonds is 9. The molecule has 0 radical (unpaired) electrons. The van der Waals surface area contributed by atoms with Gasteiger partial charge in [-0.05, 0) is 19.8 Å². The van der Waals surface area contributed by atoms with Gasteiger partial charge < -0.3 is 15.4 Å². The first kappa shape index (κ1) is 17.2. The Labute approximate surface area is 138 Å². The summed E-state index contributed by atoms with van der Waals surface area (Å²) in [5.41, 5.74) is 2.00. The van der Waals surface area contributed by atoms with Crippen molar-refractivity contribution in [3.8, 4) is 11.3 Å². The van der Waals surface area contributed by atoms with Crippen molar-refractivity contribution in [2.45, 2.75) is 32.7 Å². The number of anilines is 2. The molecule has 5 nitrogen and oxygen atoms in total. The Morgan fingerprint density at radius 1 is 1.17 bits per heavy atom. The molecule has 0 aliphatic carbocycles. The van der Waals surface area contributed by atoms with E-state index in [0.717, 1.165) is 43.1 Å². The van der Waals surface area contributed by atoms with Gasteiger partial charge in [0.2, 0.25) is 5.95 Å². The van der Waals surface area contributed by atoms with Gasteiger partial charge in [-0.3, -0.25) is 0 Å². The molecular formula is C18H26N4O. The van der Waals surface area contributed by atoms with Gasteiger partial charge in [0.15, 0.2) is 0 Å². The Kier molecular flexibility index (Phi) is 6.81.